The molecule has 1 unspecified atom stereocenters. The molecule has 2 heterocycles. The van der Waals surface area contributed by atoms with E-state index < -0.39 is 12.0 Å². The fourth-order valence-corrected chi connectivity index (χ4v) is 2.25. The number of carbonyl (C=O) groups is 2. The van der Waals surface area contributed by atoms with Crippen LogP contribution < -0.4 is 0 Å². The first-order valence-electron chi connectivity index (χ1n) is 6.31. The number of aromatic nitrogens is 1. The summed E-state index contributed by atoms with van der Waals surface area (Å²) in [5.41, 5.74) is 1.38. The van der Waals surface area contributed by atoms with Crippen molar-refractivity contribution in [3.8, 4) is 0 Å². The molecule has 6 nitrogen and oxygen atoms in total. The zero-order valence-electron chi connectivity index (χ0n) is 11.0. The van der Waals surface area contributed by atoms with E-state index in [9.17, 15) is 9.59 Å². The van der Waals surface area contributed by atoms with Gasteiger partial charge in [-0.05, 0) is 12.0 Å². The van der Waals surface area contributed by atoms with Crippen molar-refractivity contribution < 1.29 is 19.4 Å². The smallest absolute Gasteiger partial charge is 0.328 e. The highest BCUT2D eigenvalue weighted by atomic mass is 16.5. The Balaban J connectivity index is 2.26. The van der Waals surface area contributed by atoms with Crippen molar-refractivity contribution in [3.63, 3.8) is 0 Å². The second-order valence-corrected chi connectivity index (χ2v) is 4.89. The number of rotatable bonds is 3. The number of aromatic amines is 1. The van der Waals surface area contributed by atoms with E-state index in [2.05, 4.69) is 4.98 Å². The van der Waals surface area contributed by atoms with Crippen LogP contribution in [0.2, 0.25) is 0 Å². The summed E-state index contributed by atoms with van der Waals surface area (Å²) in [6.45, 7) is 4.69. The van der Waals surface area contributed by atoms with E-state index in [0.29, 0.717) is 18.7 Å². The minimum Gasteiger partial charge on any atom is -0.480 e. The maximum Gasteiger partial charge on any atom is 0.328 e. The van der Waals surface area contributed by atoms with Crippen LogP contribution in [-0.2, 0) is 9.53 Å². The number of carbonyl (C=O) groups excluding carboxylic acids is 1. The third kappa shape index (κ3) is 2.63. The molecule has 0 aliphatic carbocycles. The minimum atomic E-state index is -1.03. The predicted octanol–water partition coefficient (Wildman–Crippen LogP) is 1.06. The highest BCUT2D eigenvalue weighted by molar-refractivity contribution is 5.98. The van der Waals surface area contributed by atoms with Crippen LogP contribution in [0.3, 0.4) is 0 Å². The summed E-state index contributed by atoms with van der Waals surface area (Å²) in [5.74, 6) is -1.10. The van der Waals surface area contributed by atoms with Crippen LogP contribution in [0.5, 0.6) is 0 Å². The number of nitrogens with zero attached hydrogens (tertiary/aromatic N) is 1. The van der Waals surface area contributed by atoms with Crippen molar-refractivity contribution in [1.29, 1.82) is 0 Å². The molecule has 19 heavy (non-hydrogen) atoms. The molecule has 1 aliphatic heterocycles. The number of aliphatic carboxylic acids is 1. The van der Waals surface area contributed by atoms with Crippen LogP contribution in [0.4, 0.5) is 0 Å². The van der Waals surface area contributed by atoms with Gasteiger partial charge in [-0.2, -0.15) is 0 Å². The lowest BCUT2D eigenvalue weighted by Crippen LogP contribution is -2.52. The number of ether oxygens (including phenoxy) is 1. The summed E-state index contributed by atoms with van der Waals surface area (Å²) in [6.07, 6.45) is 1.71. The molecule has 6 heteroatoms. The fourth-order valence-electron chi connectivity index (χ4n) is 2.25. The minimum absolute atomic E-state index is 0.0442. The molecule has 1 aromatic rings. The van der Waals surface area contributed by atoms with Crippen LogP contribution in [0.15, 0.2) is 12.3 Å². The number of carboxylic acid groups (broad SMARTS) is 1. The average Bonchev–Trinajstić information content (AvgIpc) is 2.87. The molecule has 1 aromatic heterocycles. The van der Waals surface area contributed by atoms with Gasteiger partial charge in [0.25, 0.3) is 5.91 Å². The first-order chi connectivity index (χ1) is 9.02. The first kappa shape index (κ1) is 13.6. The number of morpholine rings is 1. The van der Waals surface area contributed by atoms with E-state index in [4.69, 9.17) is 9.84 Å². The Labute approximate surface area is 111 Å². The third-order valence-electron chi connectivity index (χ3n) is 3.26. The molecule has 1 aliphatic rings. The van der Waals surface area contributed by atoms with Gasteiger partial charge in [-0.15, -0.1) is 0 Å². The zero-order valence-corrected chi connectivity index (χ0v) is 11.0. The normalized spacial score (nSPS) is 19.7. The monoisotopic (exact) mass is 266 g/mol. The molecular formula is C13H18N2O4. The fraction of sp³-hybridized carbons (Fsp3) is 0.538. The Morgan fingerprint density at radius 1 is 1.53 bits per heavy atom. The van der Waals surface area contributed by atoms with Gasteiger partial charge >= 0.3 is 5.97 Å². The summed E-state index contributed by atoms with van der Waals surface area (Å²) in [6, 6.07) is 0.794. The molecular weight excluding hydrogens is 248 g/mol. The Morgan fingerprint density at radius 3 is 2.89 bits per heavy atom. The maximum atomic E-state index is 12.5. The Bertz CT molecular complexity index is 481. The highest BCUT2D eigenvalue weighted by Gasteiger charge is 2.34. The van der Waals surface area contributed by atoms with Gasteiger partial charge in [0.1, 0.15) is 0 Å². The molecule has 0 saturated carbocycles. The largest absolute Gasteiger partial charge is 0.480 e. The molecule has 0 aromatic carbocycles. The van der Waals surface area contributed by atoms with Crippen molar-refractivity contribution in [2.45, 2.75) is 25.8 Å². The Kier molecular flexibility index (Phi) is 3.90. The lowest BCUT2D eigenvalue weighted by Gasteiger charge is -2.33. The number of hydrogen-bond donors (Lipinski definition) is 2. The third-order valence-corrected chi connectivity index (χ3v) is 3.26. The number of hydrogen-bond acceptors (Lipinski definition) is 3. The molecule has 0 radical (unpaired) electrons. The van der Waals surface area contributed by atoms with Gasteiger partial charge < -0.3 is 19.7 Å². The number of nitrogens with one attached hydrogen (secondary N) is 1. The molecule has 2 N–H and O–H groups in total. The van der Waals surface area contributed by atoms with Crippen molar-refractivity contribution in [1.82, 2.24) is 9.88 Å². The molecule has 104 valence electrons. The second-order valence-electron chi connectivity index (χ2n) is 4.89. The van der Waals surface area contributed by atoms with Gasteiger partial charge in [0.15, 0.2) is 6.04 Å². The van der Waals surface area contributed by atoms with Crippen LogP contribution in [0, 0.1) is 0 Å². The zero-order chi connectivity index (χ0) is 14.0. The molecule has 1 fully saturated rings. The quantitative estimate of drug-likeness (QED) is 0.857. The van der Waals surface area contributed by atoms with Gasteiger partial charge in [-0.1, -0.05) is 13.8 Å². The summed E-state index contributed by atoms with van der Waals surface area (Å²) in [5, 5.41) is 9.15. The van der Waals surface area contributed by atoms with Gasteiger partial charge in [0, 0.05) is 18.4 Å². The van der Waals surface area contributed by atoms with Crippen LogP contribution >= 0.6 is 0 Å². The summed E-state index contributed by atoms with van der Waals surface area (Å²) in [4.78, 5) is 28.1. The van der Waals surface area contributed by atoms with E-state index in [1.54, 1.807) is 12.3 Å². The van der Waals surface area contributed by atoms with Crippen LogP contribution in [0.25, 0.3) is 0 Å². The van der Waals surface area contributed by atoms with Gasteiger partial charge in [0.05, 0.1) is 18.8 Å². The second kappa shape index (κ2) is 5.44. The average molecular weight is 266 g/mol. The number of carboxylic acids is 1. The van der Waals surface area contributed by atoms with E-state index in [1.807, 2.05) is 13.8 Å². The summed E-state index contributed by atoms with van der Waals surface area (Å²) >= 11 is 0. The predicted molar refractivity (Wildman–Crippen MR) is 68.2 cm³/mol. The van der Waals surface area contributed by atoms with E-state index in [1.165, 1.54) is 4.90 Å². The van der Waals surface area contributed by atoms with E-state index in [-0.39, 0.29) is 18.4 Å². The molecule has 1 atom stereocenters. The molecule has 2 rings (SSSR count). The van der Waals surface area contributed by atoms with Gasteiger partial charge in [-0.25, -0.2) is 4.79 Å². The highest BCUT2D eigenvalue weighted by Crippen LogP contribution is 2.21. The van der Waals surface area contributed by atoms with E-state index in [0.717, 1.165) is 5.69 Å². The van der Waals surface area contributed by atoms with Gasteiger partial charge in [-0.3, -0.25) is 4.79 Å². The lowest BCUT2D eigenvalue weighted by atomic mass is 10.0. The molecule has 1 amide bonds. The van der Waals surface area contributed by atoms with Crippen LogP contribution in [0.1, 0.15) is 35.8 Å². The number of amides is 1. The molecule has 0 bridgehead atoms. The Morgan fingerprint density at radius 2 is 2.26 bits per heavy atom. The van der Waals surface area contributed by atoms with E-state index >= 15 is 0 Å². The summed E-state index contributed by atoms with van der Waals surface area (Å²) < 4.78 is 5.14. The molecule has 1 saturated heterocycles. The van der Waals surface area contributed by atoms with Crippen molar-refractivity contribution in [2.75, 3.05) is 19.8 Å². The summed E-state index contributed by atoms with van der Waals surface area (Å²) in [7, 11) is 0. The molecule has 0 spiro atoms. The Hall–Kier alpha value is -1.82. The van der Waals surface area contributed by atoms with Crippen molar-refractivity contribution in [3.05, 3.63) is 23.5 Å². The number of H-pyrrole nitrogens is 1. The standard InChI is InChI=1S/C13H18N2O4/c1-8(2)11-9(3-4-14-11)12(16)15-5-6-19-7-10(15)13(17)18/h3-4,8,10,14H,5-7H2,1-2H3,(H,17,18). The van der Waals surface area contributed by atoms with Crippen molar-refractivity contribution >= 4 is 11.9 Å². The maximum absolute atomic E-state index is 12.5. The first-order valence-corrected chi connectivity index (χ1v) is 6.31. The van der Waals surface area contributed by atoms with Gasteiger partial charge in [0.2, 0.25) is 0 Å². The van der Waals surface area contributed by atoms with Crippen LogP contribution in [-0.4, -0.2) is 52.7 Å². The lowest BCUT2D eigenvalue weighted by molar-refractivity contribution is -0.147. The topological polar surface area (TPSA) is 82.6 Å². The van der Waals surface area contributed by atoms with Crippen molar-refractivity contribution in [2.24, 2.45) is 0 Å². The SMILES string of the molecule is CC(C)c1[nH]ccc1C(=O)N1CCOCC1C(=O)O.